The number of aromatic nitrogens is 2. The van der Waals surface area contributed by atoms with Crippen molar-refractivity contribution in [3.05, 3.63) is 22.8 Å². The summed E-state index contributed by atoms with van der Waals surface area (Å²) in [7, 11) is 3.48. The number of methoxy groups -OCH3 is 1. The van der Waals surface area contributed by atoms with Crippen LogP contribution >= 0.6 is 15.9 Å². The molecule has 6 heteroatoms. The second kappa shape index (κ2) is 6.20. The summed E-state index contributed by atoms with van der Waals surface area (Å²) in [6.45, 7) is 0. The Labute approximate surface area is 138 Å². The lowest BCUT2D eigenvalue weighted by Crippen LogP contribution is -2.11. The minimum atomic E-state index is 0.266. The lowest BCUT2D eigenvalue weighted by Gasteiger charge is -2.18. The SMILES string of the molecule is COc1c(Br)cc(-c2cnn(C)c2N)cc1OC1CCCC1. The fourth-order valence-electron chi connectivity index (χ4n) is 2.86. The van der Waals surface area contributed by atoms with Crippen molar-refractivity contribution in [1.29, 1.82) is 0 Å². The number of hydrogen-bond donors (Lipinski definition) is 1. The van der Waals surface area contributed by atoms with Gasteiger partial charge in [0.15, 0.2) is 11.5 Å². The van der Waals surface area contributed by atoms with E-state index in [-0.39, 0.29) is 6.10 Å². The van der Waals surface area contributed by atoms with Crippen LogP contribution in [0.25, 0.3) is 11.1 Å². The van der Waals surface area contributed by atoms with Crippen molar-refractivity contribution >= 4 is 21.7 Å². The molecule has 1 aliphatic carbocycles. The Bertz CT molecular complexity index is 678. The summed E-state index contributed by atoms with van der Waals surface area (Å²) in [5.74, 6) is 2.10. The molecule has 0 atom stereocenters. The molecule has 0 radical (unpaired) electrons. The first-order chi connectivity index (χ1) is 10.6. The van der Waals surface area contributed by atoms with Crippen molar-refractivity contribution in [2.24, 2.45) is 7.05 Å². The van der Waals surface area contributed by atoms with Crippen molar-refractivity contribution in [2.75, 3.05) is 12.8 Å². The first-order valence-electron chi connectivity index (χ1n) is 7.42. The molecule has 118 valence electrons. The Balaban J connectivity index is 2.01. The highest BCUT2D eigenvalue weighted by Gasteiger charge is 2.21. The maximum absolute atomic E-state index is 6.16. The zero-order valence-electron chi connectivity index (χ0n) is 12.8. The lowest BCUT2D eigenvalue weighted by atomic mass is 10.1. The topological polar surface area (TPSA) is 62.3 Å². The summed E-state index contributed by atoms with van der Waals surface area (Å²) < 4.78 is 14.2. The number of anilines is 1. The van der Waals surface area contributed by atoms with E-state index in [1.165, 1.54) is 12.8 Å². The number of nitrogens with two attached hydrogens (primary N) is 1. The molecule has 1 heterocycles. The molecular weight excluding hydrogens is 346 g/mol. The van der Waals surface area contributed by atoms with Crippen molar-refractivity contribution in [3.63, 3.8) is 0 Å². The van der Waals surface area contributed by atoms with Crippen molar-refractivity contribution < 1.29 is 9.47 Å². The summed E-state index contributed by atoms with van der Waals surface area (Å²) in [6, 6.07) is 3.96. The van der Waals surface area contributed by atoms with Crippen LogP contribution in [0.3, 0.4) is 0 Å². The normalized spacial score (nSPS) is 15.2. The van der Waals surface area contributed by atoms with E-state index in [0.29, 0.717) is 5.82 Å². The quantitative estimate of drug-likeness (QED) is 0.895. The summed E-state index contributed by atoms with van der Waals surface area (Å²) in [5.41, 5.74) is 7.94. The number of nitrogen functional groups attached to an aromatic ring is 1. The third-order valence-electron chi connectivity index (χ3n) is 4.11. The van der Waals surface area contributed by atoms with Crippen LogP contribution < -0.4 is 15.2 Å². The fraction of sp³-hybridized carbons (Fsp3) is 0.438. The zero-order valence-corrected chi connectivity index (χ0v) is 14.4. The first-order valence-corrected chi connectivity index (χ1v) is 8.21. The third-order valence-corrected chi connectivity index (χ3v) is 4.69. The van der Waals surface area contributed by atoms with Gasteiger partial charge in [0.1, 0.15) is 5.82 Å². The molecule has 2 N–H and O–H groups in total. The summed E-state index contributed by atoms with van der Waals surface area (Å²) in [6.07, 6.45) is 6.68. The molecule has 1 aromatic heterocycles. The Morgan fingerprint density at radius 3 is 2.64 bits per heavy atom. The average Bonchev–Trinajstić information content (AvgIpc) is 3.10. The Hall–Kier alpha value is -1.69. The van der Waals surface area contributed by atoms with Gasteiger partial charge in [-0.3, -0.25) is 4.68 Å². The van der Waals surface area contributed by atoms with E-state index in [4.69, 9.17) is 15.2 Å². The maximum Gasteiger partial charge on any atom is 0.174 e. The Morgan fingerprint density at radius 1 is 1.32 bits per heavy atom. The van der Waals surface area contributed by atoms with E-state index >= 15 is 0 Å². The number of halogens is 1. The Kier molecular flexibility index (Phi) is 4.29. The number of ether oxygens (including phenoxy) is 2. The molecule has 0 saturated heterocycles. The standard InChI is InChI=1S/C16H20BrN3O2/c1-20-16(18)12(9-19-20)10-7-13(17)15(21-2)14(8-10)22-11-5-3-4-6-11/h7-9,11H,3-6,18H2,1-2H3. The van der Waals surface area contributed by atoms with E-state index in [1.807, 2.05) is 19.2 Å². The van der Waals surface area contributed by atoms with Gasteiger partial charge in [-0.15, -0.1) is 0 Å². The van der Waals surface area contributed by atoms with Crippen LogP contribution in [0.4, 0.5) is 5.82 Å². The number of nitrogens with zero attached hydrogens (tertiary/aromatic N) is 2. The molecule has 0 amide bonds. The zero-order chi connectivity index (χ0) is 15.7. The smallest absolute Gasteiger partial charge is 0.174 e. The molecule has 22 heavy (non-hydrogen) atoms. The first kappa shape index (κ1) is 15.2. The predicted octanol–water partition coefficient (Wildman–Crippen LogP) is 3.76. The molecule has 0 unspecified atom stereocenters. The second-order valence-electron chi connectivity index (χ2n) is 5.58. The molecule has 1 aliphatic rings. The molecule has 2 aromatic rings. The molecule has 3 rings (SSSR count). The van der Waals surface area contributed by atoms with Gasteiger partial charge in [0.05, 0.1) is 23.9 Å². The average molecular weight is 366 g/mol. The molecule has 0 aliphatic heterocycles. The van der Waals surface area contributed by atoms with E-state index in [2.05, 4.69) is 21.0 Å². The molecule has 0 spiro atoms. The van der Waals surface area contributed by atoms with E-state index in [0.717, 1.165) is 39.9 Å². The lowest BCUT2D eigenvalue weighted by molar-refractivity contribution is 0.200. The minimum Gasteiger partial charge on any atom is -0.492 e. The third kappa shape index (κ3) is 2.79. The number of hydrogen-bond acceptors (Lipinski definition) is 4. The summed E-state index contributed by atoms with van der Waals surface area (Å²) >= 11 is 3.56. The van der Waals surface area contributed by atoms with Gasteiger partial charge < -0.3 is 15.2 Å². The highest BCUT2D eigenvalue weighted by atomic mass is 79.9. The van der Waals surface area contributed by atoms with Gasteiger partial charge in [-0.2, -0.15) is 5.10 Å². The van der Waals surface area contributed by atoms with Crippen LogP contribution in [0.5, 0.6) is 11.5 Å². The Morgan fingerprint density at radius 2 is 2.05 bits per heavy atom. The van der Waals surface area contributed by atoms with Crippen LogP contribution in [-0.4, -0.2) is 23.0 Å². The van der Waals surface area contributed by atoms with E-state index < -0.39 is 0 Å². The molecule has 1 aromatic carbocycles. The maximum atomic E-state index is 6.16. The van der Waals surface area contributed by atoms with E-state index in [1.54, 1.807) is 18.0 Å². The number of aryl methyl sites for hydroxylation is 1. The van der Waals surface area contributed by atoms with Crippen molar-refractivity contribution in [1.82, 2.24) is 9.78 Å². The van der Waals surface area contributed by atoms with Crippen LogP contribution in [0.2, 0.25) is 0 Å². The fourth-order valence-corrected chi connectivity index (χ4v) is 3.47. The second-order valence-corrected chi connectivity index (χ2v) is 6.44. The molecular formula is C16H20BrN3O2. The van der Waals surface area contributed by atoms with Crippen molar-refractivity contribution in [2.45, 2.75) is 31.8 Å². The molecule has 1 fully saturated rings. The number of benzene rings is 1. The van der Waals surface area contributed by atoms with Gasteiger partial charge >= 0.3 is 0 Å². The van der Waals surface area contributed by atoms with Crippen LogP contribution in [0.15, 0.2) is 22.8 Å². The minimum absolute atomic E-state index is 0.266. The van der Waals surface area contributed by atoms with Crippen LogP contribution in [-0.2, 0) is 7.05 Å². The van der Waals surface area contributed by atoms with Gasteiger partial charge in [0.25, 0.3) is 0 Å². The van der Waals surface area contributed by atoms with Gasteiger partial charge in [-0.25, -0.2) is 0 Å². The van der Waals surface area contributed by atoms with Gasteiger partial charge in [0, 0.05) is 12.6 Å². The van der Waals surface area contributed by atoms with Gasteiger partial charge in [0.2, 0.25) is 0 Å². The van der Waals surface area contributed by atoms with Crippen LogP contribution in [0.1, 0.15) is 25.7 Å². The van der Waals surface area contributed by atoms with Crippen LogP contribution in [0, 0.1) is 0 Å². The van der Waals surface area contributed by atoms with Gasteiger partial charge in [-0.1, -0.05) is 0 Å². The van der Waals surface area contributed by atoms with E-state index in [9.17, 15) is 0 Å². The predicted molar refractivity (Wildman–Crippen MR) is 90.2 cm³/mol. The largest absolute Gasteiger partial charge is 0.492 e. The molecule has 1 saturated carbocycles. The van der Waals surface area contributed by atoms with Gasteiger partial charge in [-0.05, 0) is 59.3 Å². The summed E-state index contributed by atoms with van der Waals surface area (Å²) in [5, 5.41) is 4.20. The van der Waals surface area contributed by atoms with Crippen molar-refractivity contribution in [3.8, 4) is 22.6 Å². The molecule has 5 nitrogen and oxygen atoms in total. The monoisotopic (exact) mass is 365 g/mol. The highest BCUT2D eigenvalue weighted by molar-refractivity contribution is 9.10. The molecule has 0 bridgehead atoms. The highest BCUT2D eigenvalue weighted by Crippen LogP contribution is 2.42. The number of rotatable bonds is 4. The summed E-state index contributed by atoms with van der Waals surface area (Å²) in [4.78, 5) is 0.